The molecule has 1 rings (SSSR count). The first-order valence-corrected chi connectivity index (χ1v) is 8.48. The first kappa shape index (κ1) is 17.9. The zero-order valence-corrected chi connectivity index (χ0v) is 14.0. The number of halogens is 1. The minimum Gasteiger partial charge on any atom is -0.480 e. The summed E-state index contributed by atoms with van der Waals surface area (Å²) in [7, 11) is 0. The standard InChI is InChI=1S/C15H21IN2O3/c16-8-3-1-2-7-14(19)18-12-6-4-5-11(9-12)10-13(17)15(20)21/h4-6,9,13H,1-3,7-8,10,17H2,(H,18,19)(H,20,21)/t13-/m0/s1. The fraction of sp³-hybridized carbons (Fsp3) is 0.467. The third-order valence-electron chi connectivity index (χ3n) is 3.02. The van der Waals surface area contributed by atoms with Crippen LogP contribution in [0.3, 0.4) is 0 Å². The molecule has 0 saturated heterocycles. The van der Waals surface area contributed by atoms with E-state index in [4.69, 9.17) is 10.8 Å². The summed E-state index contributed by atoms with van der Waals surface area (Å²) >= 11 is 2.33. The molecule has 0 spiro atoms. The van der Waals surface area contributed by atoms with Crippen molar-refractivity contribution in [2.75, 3.05) is 9.74 Å². The fourth-order valence-electron chi connectivity index (χ4n) is 1.90. The Bertz CT molecular complexity index is 480. The highest BCUT2D eigenvalue weighted by Crippen LogP contribution is 2.13. The molecule has 0 bridgehead atoms. The van der Waals surface area contributed by atoms with E-state index in [9.17, 15) is 9.59 Å². The van der Waals surface area contributed by atoms with Gasteiger partial charge in [-0.3, -0.25) is 9.59 Å². The number of carbonyl (C=O) groups is 2. The van der Waals surface area contributed by atoms with E-state index in [-0.39, 0.29) is 12.3 Å². The van der Waals surface area contributed by atoms with Crippen LogP contribution in [0.2, 0.25) is 0 Å². The van der Waals surface area contributed by atoms with E-state index in [0.717, 1.165) is 29.3 Å². The number of benzene rings is 1. The molecule has 6 heteroatoms. The summed E-state index contributed by atoms with van der Waals surface area (Å²) in [5, 5.41) is 11.6. The van der Waals surface area contributed by atoms with Crippen LogP contribution in [0, 0.1) is 0 Å². The Morgan fingerprint density at radius 2 is 2.05 bits per heavy atom. The average Bonchev–Trinajstić information content (AvgIpc) is 2.44. The Hall–Kier alpha value is -1.15. The molecular formula is C15H21IN2O3. The van der Waals surface area contributed by atoms with Gasteiger partial charge in [0.25, 0.3) is 0 Å². The summed E-state index contributed by atoms with van der Waals surface area (Å²) < 4.78 is 1.12. The second-order valence-corrected chi connectivity index (χ2v) is 5.98. The number of nitrogens with one attached hydrogen (secondary N) is 1. The molecule has 1 amide bonds. The van der Waals surface area contributed by atoms with E-state index < -0.39 is 12.0 Å². The molecule has 116 valence electrons. The molecule has 0 aliphatic rings. The lowest BCUT2D eigenvalue weighted by atomic mass is 10.1. The van der Waals surface area contributed by atoms with Gasteiger partial charge in [-0.25, -0.2) is 0 Å². The molecule has 0 aromatic heterocycles. The fourth-order valence-corrected chi connectivity index (χ4v) is 2.44. The number of carboxylic acid groups (broad SMARTS) is 1. The number of unbranched alkanes of at least 4 members (excludes halogenated alkanes) is 2. The first-order valence-electron chi connectivity index (χ1n) is 6.96. The van der Waals surface area contributed by atoms with Gasteiger partial charge in [0, 0.05) is 12.1 Å². The number of rotatable bonds is 9. The minimum absolute atomic E-state index is 0.0110. The zero-order valence-electron chi connectivity index (χ0n) is 11.8. The van der Waals surface area contributed by atoms with Crippen molar-refractivity contribution in [1.82, 2.24) is 0 Å². The lowest BCUT2D eigenvalue weighted by Gasteiger charge is -2.09. The highest BCUT2D eigenvalue weighted by molar-refractivity contribution is 14.1. The quantitative estimate of drug-likeness (QED) is 0.335. The highest BCUT2D eigenvalue weighted by atomic mass is 127. The Balaban J connectivity index is 2.48. The molecule has 0 unspecified atom stereocenters. The van der Waals surface area contributed by atoms with Gasteiger partial charge < -0.3 is 16.2 Å². The number of amides is 1. The van der Waals surface area contributed by atoms with Crippen molar-refractivity contribution in [1.29, 1.82) is 0 Å². The number of carbonyl (C=O) groups excluding carboxylic acids is 1. The third-order valence-corrected chi connectivity index (χ3v) is 3.78. The summed E-state index contributed by atoms with van der Waals surface area (Å²) in [6.45, 7) is 0. The van der Waals surface area contributed by atoms with Gasteiger partial charge in [0.05, 0.1) is 0 Å². The smallest absolute Gasteiger partial charge is 0.320 e. The third kappa shape index (κ3) is 7.42. The first-order chi connectivity index (χ1) is 10.0. The molecular weight excluding hydrogens is 383 g/mol. The van der Waals surface area contributed by atoms with Crippen molar-refractivity contribution in [2.45, 2.75) is 38.1 Å². The Kier molecular flexibility index (Phi) is 8.29. The Morgan fingerprint density at radius 3 is 2.71 bits per heavy atom. The van der Waals surface area contributed by atoms with Crippen LogP contribution in [0.4, 0.5) is 5.69 Å². The lowest BCUT2D eigenvalue weighted by molar-refractivity contribution is -0.138. The predicted molar refractivity (Wildman–Crippen MR) is 91.7 cm³/mol. The number of aliphatic carboxylic acids is 1. The van der Waals surface area contributed by atoms with Crippen molar-refractivity contribution in [2.24, 2.45) is 5.73 Å². The van der Waals surface area contributed by atoms with Crippen LogP contribution in [0.25, 0.3) is 0 Å². The van der Waals surface area contributed by atoms with Crippen LogP contribution in [0.15, 0.2) is 24.3 Å². The van der Waals surface area contributed by atoms with Crippen LogP contribution in [-0.4, -0.2) is 27.5 Å². The van der Waals surface area contributed by atoms with E-state index >= 15 is 0 Å². The normalized spacial score (nSPS) is 11.9. The molecule has 21 heavy (non-hydrogen) atoms. The number of anilines is 1. The van der Waals surface area contributed by atoms with Gasteiger partial charge in [-0.2, -0.15) is 0 Å². The molecule has 1 aromatic carbocycles. The molecule has 0 radical (unpaired) electrons. The number of nitrogens with two attached hydrogens (primary N) is 1. The van der Waals surface area contributed by atoms with Gasteiger partial charge >= 0.3 is 5.97 Å². The van der Waals surface area contributed by atoms with E-state index in [1.165, 1.54) is 0 Å². The maximum Gasteiger partial charge on any atom is 0.320 e. The van der Waals surface area contributed by atoms with Gasteiger partial charge in [0.2, 0.25) is 5.91 Å². The van der Waals surface area contributed by atoms with Crippen molar-refractivity contribution >= 4 is 40.2 Å². The van der Waals surface area contributed by atoms with E-state index in [1.54, 1.807) is 24.3 Å². The molecule has 0 aliphatic heterocycles. The molecule has 0 heterocycles. The van der Waals surface area contributed by atoms with Crippen LogP contribution in [-0.2, 0) is 16.0 Å². The molecule has 1 aromatic rings. The Labute approximate surface area is 138 Å². The molecule has 0 saturated carbocycles. The maximum atomic E-state index is 11.8. The van der Waals surface area contributed by atoms with Gasteiger partial charge in [-0.1, -0.05) is 41.1 Å². The monoisotopic (exact) mass is 404 g/mol. The summed E-state index contributed by atoms with van der Waals surface area (Å²) in [4.78, 5) is 22.5. The topological polar surface area (TPSA) is 92.4 Å². The van der Waals surface area contributed by atoms with Crippen LogP contribution < -0.4 is 11.1 Å². The average molecular weight is 404 g/mol. The van der Waals surface area contributed by atoms with Crippen LogP contribution in [0.5, 0.6) is 0 Å². The molecule has 0 aliphatic carbocycles. The summed E-state index contributed by atoms with van der Waals surface area (Å²) in [6.07, 6.45) is 3.84. The predicted octanol–water partition coefficient (Wildman–Crippen LogP) is 2.57. The van der Waals surface area contributed by atoms with Crippen molar-refractivity contribution in [3.05, 3.63) is 29.8 Å². The number of carboxylic acids is 1. The van der Waals surface area contributed by atoms with Crippen LogP contribution in [0.1, 0.15) is 31.2 Å². The van der Waals surface area contributed by atoms with E-state index in [0.29, 0.717) is 12.1 Å². The summed E-state index contributed by atoms with van der Waals surface area (Å²) in [5.41, 5.74) is 6.99. The van der Waals surface area contributed by atoms with Gasteiger partial charge in [-0.15, -0.1) is 0 Å². The number of hydrogen-bond acceptors (Lipinski definition) is 3. The molecule has 4 N–H and O–H groups in total. The molecule has 1 atom stereocenters. The van der Waals surface area contributed by atoms with Gasteiger partial charge in [0.1, 0.15) is 6.04 Å². The van der Waals surface area contributed by atoms with E-state index in [1.807, 2.05) is 0 Å². The van der Waals surface area contributed by atoms with Crippen molar-refractivity contribution in [3.63, 3.8) is 0 Å². The zero-order chi connectivity index (χ0) is 15.7. The van der Waals surface area contributed by atoms with Gasteiger partial charge in [-0.05, 0) is 41.4 Å². The van der Waals surface area contributed by atoms with Gasteiger partial charge in [0.15, 0.2) is 0 Å². The SMILES string of the molecule is N[C@@H](Cc1cccc(NC(=O)CCCCCI)c1)C(=O)O. The number of alkyl halides is 1. The molecule has 0 fully saturated rings. The molecule has 5 nitrogen and oxygen atoms in total. The lowest BCUT2D eigenvalue weighted by Crippen LogP contribution is -2.32. The highest BCUT2D eigenvalue weighted by Gasteiger charge is 2.12. The summed E-state index contributed by atoms with van der Waals surface area (Å²) in [6, 6.07) is 6.22. The minimum atomic E-state index is -1.03. The second-order valence-electron chi connectivity index (χ2n) is 4.90. The van der Waals surface area contributed by atoms with Crippen LogP contribution >= 0.6 is 22.6 Å². The second kappa shape index (κ2) is 9.73. The summed E-state index contributed by atoms with van der Waals surface area (Å²) in [5.74, 6) is -1.04. The largest absolute Gasteiger partial charge is 0.480 e. The maximum absolute atomic E-state index is 11.8. The van der Waals surface area contributed by atoms with Crippen molar-refractivity contribution in [3.8, 4) is 0 Å². The van der Waals surface area contributed by atoms with E-state index in [2.05, 4.69) is 27.9 Å². The Morgan fingerprint density at radius 1 is 1.29 bits per heavy atom. The van der Waals surface area contributed by atoms with Crippen molar-refractivity contribution < 1.29 is 14.7 Å². The number of hydrogen-bond donors (Lipinski definition) is 3.